The molecule has 1 fully saturated rings. The van der Waals surface area contributed by atoms with E-state index < -0.39 is 37.0 Å². The second-order valence-electron chi connectivity index (χ2n) is 3.21. The maximum Gasteiger partial charge on any atom is 0.0994 e. The monoisotopic (exact) mass is 193 g/mol. The highest BCUT2D eigenvalue weighted by atomic mass is 16.3. The molecule has 6 heteroatoms. The van der Waals surface area contributed by atoms with E-state index in [0.717, 1.165) is 0 Å². The molecule has 6 nitrogen and oxygen atoms in total. The van der Waals surface area contributed by atoms with Crippen molar-refractivity contribution in [2.24, 2.45) is 0 Å². The average molecular weight is 193 g/mol. The molecule has 0 aromatic carbocycles. The highest BCUT2D eigenvalue weighted by molar-refractivity contribution is 5.00. The zero-order valence-electron chi connectivity index (χ0n) is 7.04. The third-order valence-electron chi connectivity index (χ3n) is 2.33. The average Bonchev–Trinajstić information content (AvgIpc) is 2.43. The fourth-order valence-corrected chi connectivity index (χ4v) is 1.51. The van der Waals surface area contributed by atoms with Gasteiger partial charge in [-0.15, -0.1) is 0 Å². The molecule has 1 saturated heterocycles. The zero-order valence-corrected chi connectivity index (χ0v) is 7.04. The van der Waals surface area contributed by atoms with Crippen molar-refractivity contribution in [1.29, 1.82) is 0 Å². The molecule has 1 rings (SSSR count). The molecule has 6 N–H and O–H groups in total. The number of rotatable bonds is 3. The molecule has 13 heavy (non-hydrogen) atoms. The van der Waals surface area contributed by atoms with Crippen molar-refractivity contribution in [1.82, 2.24) is 5.32 Å². The van der Waals surface area contributed by atoms with Crippen molar-refractivity contribution in [2.75, 3.05) is 13.2 Å². The molecule has 0 aliphatic carbocycles. The predicted octanol–water partition coefficient (Wildman–Crippen LogP) is -3.61. The van der Waals surface area contributed by atoms with Crippen molar-refractivity contribution in [3.05, 3.63) is 0 Å². The van der Waals surface area contributed by atoms with Gasteiger partial charge in [0.25, 0.3) is 0 Å². The smallest absolute Gasteiger partial charge is 0.0994 e. The van der Waals surface area contributed by atoms with Crippen LogP contribution in [-0.2, 0) is 0 Å². The lowest BCUT2D eigenvalue weighted by Gasteiger charge is -2.19. The Labute approximate surface area is 75.4 Å². The van der Waals surface area contributed by atoms with Crippen LogP contribution in [0.15, 0.2) is 0 Å². The molecule has 0 bridgehead atoms. The first kappa shape index (κ1) is 10.8. The van der Waals surface area contributed by atoms with E-state index in [0.29, 0.717) is 0 Å². The van der Waals surface area contributed by atoms with Crippen LogP contribution in [0.2, 0.25) is 0 Å². The summed E-state index contributed by atoms with van der Waals surface area (Å²) in [6, 6.07) is -1.45. The van der Waals surface area contributed by atoms with Crippen molar-refractivity contribution in [3.63, 3.8) is 0 Å². The van der Waals surface area contributed by atoms with Gasteiger partial charge in [0.05, 0.1) is 43.6 Å². The first-order valence-electron chi connectivity index (χ1n) is 4.13. The Kier molecular flexibility index (Phi) is 3.60. The normalized spacial score (nSPS) is 42.2. The van der Waals surface area contributed by atoms with Crippen LogP contribution < -0.4 is 5.32 Å². The van der Waals surface area contributed by atoms with Gasteiger partial charge in [0.2, 0.25) is 0 Å². The fourth-order valence-electron chi connectivity index (χ4n) is 1.51. The standard InChI is InChI=1S/C7H15NO5/c9-1-3-6(12)7(13)5(8-3)4(11)2-10/h3-13H,1-2H2/t3-,4+,5-,6+,7+/m1/s1. The number of hydrogen-bond donors (Lipinski definition) is 6. The van der Waals surface area contributed by atoms with E-state index in [1.54, 1.807) is 0 Å². The van der Waals surface area contributed by atoms with Crippen LogP contribution in [-0.4, -0.2) is 69.1 Å². The summed E-state index contributed by atoms with van der Waals surface area (Å²) in [7, 11) is 0. The molecule has 0 unspecified atom stereocenters. The van der Waals surface area contributed by atoms with Gasteiger partial charge < -0.3 is 30.8 Å². The van der Waals surface area contributed by atoms with Gasteiger partial charge in [0.1, 0.15) is 0 Å². The molecule has 1 aliphatic rings. The summed E-state index contributed by atoms with van der Waals surface area (Å²) in [5, 5.41) is 47.9. The van der Waals surface area contributed by atoms with Crippen LogP contribution >= 0.6 is 0 Å². The maximum atomic E-state index is 9.37. The molecule has 0 aromatic rings. The van der Waals surface area contributed by atoms with Crippen LogP contribution in [0.25, 0.3) is 0 Å². The topological polar surface area (TPSA) is 113 Å². The Hall–Kier alpha value is -0.240. The van der Waals surface area contributed by atoms with Crippen LogP contribution in [0.3, 0.4) is 0 Å². The minimum absolute atomic E-state index is 0.327. The van der Waals surface area contributed by atoms with E-state index in [1.165, 1.54) is 0 Å². The molecule has 0 aromatic heterocycles. The van der Waals surface area contributed by atoms with E-state index >= 15 is 0 Å². The highest BCUT2D eigenvalue weighted by Crippen LogP contribution is 2.16. The number of hydrogen-bond acceptors (Lipinski definition) is 6. The lowest BCUT2D eigenvalue weighted by atomic mass is 10.0. The summed E-state index contributed by atoms with van der Waals surface area (Å²) in [6.07, 6.45) is -3.42. The van der Waals surface area contributed by atoms with Gasteiger partial charge in [-0.3, -0.25) is 0 Å². The summed E-state index contributed by atoms with van der Waals surface area (Å²) >= 11 is 0. The zero-order chi connectivity index (χ0) is 10.0. The number of nitrogens with one attached hydrogen (secondary N) is 1. The maximum absolute atomic E-state index is 9.37. The quantitative estimate of drug-likeness (QED) is 0.276. The van der Waals surface area contributed by atoms with Gasteiger partial charge in [-0.2, -0.15) is 0 Å². The predicted molar refractivity (Wildman–Crippen MR) is 42.9 cm³/mol. The molecule has 78 valence electrons. The Morgan fingerprint density at radius 1 is 1.15 bits per heavy atom. The van der Waals surface area contributed by atoms with E-state index in [9.17, 15) is 15.3 Å². The Balaban J connectivity index is 2.60. The summed E-state index contributed by atoms with van der Waals surface area (Å²) < 4.78 is 0. The third-order valence-corrected chi connectivity index (χ3v) is 2.33. The van der Waals surface area contributed by atoms with Crippen LogP contribution in [0.4, 0.5) is 0 Å². The Bertz CT molecular complexity index is 167. The Morgan fingerprint density at radius 2 is 1.77 bits per heavy atom. The fraction of sp³-hybridized carbons (Fsp3) is 1.00. The summed E-state index contributed by atoms with van der Waals surface area (Å²) in [4.78, 5) is 0. The minimum Gasteiger partial charge on any atom is -0.395 e. The van der Waals surface area contributed by atoms with Gasteiger partial charge in [-0.05, 0) is 0 Å². The molecule has 0 spiro atoms. The van der Waals surface area contributed by atoms with Gasteiger partial charge in [0, 0.05) is 0 Å². The molecule has 5 atom stereocenters. The van der Waals surface area contributed by atoms with Crippen LogP contribution in [0.5, 0.6) is 0 Å². The summed E-state index contributed by atoms with van der Waals surface area (Å²) in [6.45, 7) is -0.827. The molecule has 1 heterocycles. The second kappa shape index (κ2) is 4.32. The van der Waals surface area contributed by atoms with E-state index in [-0.39, 0.29) is 6.61 Å². The highest BCUT2D eigenvalue weighted by Gasteiger charge is 2.43. The van der Waals surface area contributed by atoms with Crippen LogP contribution in [0.1, 0.15) is 0 Å². The number of aliphatic hydroxyl groups excluding tert-OH is 5. The van der Waals surface area contributed by atoms with Gasteiger partial charge >= 0.3 is 0 Å². The first-order valence-corrected chi connectivity index (χ1v) is 4.13. The summed E-state index contributed by atoms with van der Waals surface area (Å²) in [5.41, 5.74) is 0. The van der Waals surface area contributed by atoms with E-state index in [1.807, 2.05) is 0 Å². The van der Waals surface area contributed by atoms with Crippen molar-refractivity contribution >= 4 is 0 Å². The lowest BCUT2D eigenvalue weighted by Crippen LogP contribution is -2.45. The lowest BCUT2D eigenvalue weighted by molar-refractivity contribution is -0.0150. The van der Waals surface area contributed by atoms with Crippen molar-refractivity contribution < 1.29 is 25.5 Å². The number of aliphatic hydroxyl groups is 5. The van der Waals surface area contributed by atoms with Gasteiger partial charge in [-0.1, -0.05) is 0 Å². The Morgan fingerprint density at radius 3 is 2.15 bits per heavy atom. The van der Waals surface area contributed by atoms with E-state index in [2.05, 4.69) is 5.32 Å². The molecule has 0 radical (unpaired) electrons. The molecule has 0 amide bonds. The molecular weight excluding hydrogens is 178 g/mol. The third kappa shape index (κ3) is 1.98. The van der Waals surface area contributed by atoms with Gasteiger partial charge in [-0.25, -0.2) is 0 Å². The molecular formula is C7H15NO5. The largest absolute Gasteiger partial charge is 0.395 e. The SMILES string of the molecule is OC[C@H](O)[C@H]1N[C@H](CO)[C@H](O)[C@H]1O. The molecule has 1 aliphatic heterocycles. The summed E-state index contributed by atoms with van der Waals surface area (Å²) in [5.74, 6) is 0. The van der Waals surface area contributed by atoms with Gasteiger partial charge in [0.15, 0.2) is 0 Å². The van der Waals surface area contributed by atoms with Crippen LogP contribution in [0, 0.1) is 0 Å². The van der Waals surface area contributed by atoms with E-state index in [4.69, 9.17) is 10.2 Å². The molecule has 0 saturated carbocycles. The first-order chi connectivity index (χ1) is 6.11. The second-order valence-corrected chi connectivity index (χ2v) is 3.21. The van der Waals surface area contributed by atoms with Crippen molar-refractivity contribution in [2.45, 2.75) is 30.4 Å². The van der Waals surface area contributed by atoms with Crippen molar-refractivity contribution in [3.8, 4) is 0 Å². The minimum atomic E-state index is -1.17.